The summed E-state index contributed by atoms with van der Waals surface area (Å²) in [7, 11) is 0. The van der Waals surface area contributed by atoms with Crippen LogP contribution in [0, 0.1) is 11.8 Å². The van der Waals surface area contributed by atoms with E-state index in [4.69, 9.17) is 5.73 Å². The molecule has 0 aromatic rings. The molecule has 0 spiro atoms. The third-order valence-corrected chi connectivity index (χ3v) is 5.35. The van der Waals surface area contributed by atoms with Crippen molar-refractivity contribution in [3.63, 3.8) is 0 Å². The van der Waals surface area contributed by atoms with Gasteiger partial charge in [0.05, 0.1) is 5.92 Å². The molecule has 2 aliphatic carbocycles. The first-order valence-corrected chi connectivity index (χ1v) is 8.51. The number of nitrogens with one attached hydrogen (secondary N) is 1. The minimum absolute atomic E-state index is 0.0541. The van der Waals surface area contributed by atoms with Crippen LogP contribution in [-0.4, -0.2) is 42.5 Å². The van der Waals surface area contributed by atoms with Crippen molar-refractivity contribution in [2.45, 2.75) is 63.5 Å². The predicted molar refractivity (Wildman–Crippen MR) is 80.3 cm³/mol. The first-order valence-electron chi connectivity index (χ1n) is 8.51. The normalized spacial score (nSPS) is 35.8. The van der Waals surface area contributed by atoms with Crippen LogP contribution in [0.3, 0.4) is 0 Å². The Hall–Kier alpha value is -0.610. The van der Waals surface area contributed by atoms with Gasteiger partial charge in [-0.2, -0.15) is 0 Å². The fourth-order valence-electron chi connectivity index (χ4n) is 3.84. The zero-order chi connectivity index (χ0) is 13.9. The molecule has 3 unspecified atom stereocenters. The number of carbonyl (C=O) groups excluding carboxylic acids is 1. The molecule has 0 aromatic carbocycles. The molecule has 114 valence electrons. The van der Waals surface area contributed by atoms with Crippen molar-refractivity contribution in [3.8, 4) is 0 Å². The highest BCUT2D eigenvalue weighted by atomic mass is 16.1. The van der Waals surface area contributed by atoms with Crippen LogP contribution in [0.2, 0.25) is 0 Å². The van der Waals surface area contributed by atoms with Crippen molar-refractivity contribution in [1.29, 1.82) is 0 Å². The summed E-state index contributed by atoms with van der Waals surface area (Å²) >= 11 is 0. The van der Waals surface area contributed by atoms with E-state index < -0.39 is 0 Å². The third kappa shape index (κ3) is 3.53. The maximum Gasteiger partial charge on any atom is 0.224 e. The van der Waals surface area contributed by atoms with Crippen LogP contribution in [0.5, 0.6) is 0 Å². The van der Waals surface area contributed by atoms with Crippen LogP contribution in [0.4, 0.5) is 0 Å². The van der Waals surface area contributed by atoms with E-state index >= 15 is 0 Å². The lowest BCUT2D eigenvalue weighted by Crippen LogP contribution is -2.43. The van der Waals surface area contributed by atoms with Gasteiger partial charge in [0.2, 0.25) is 5.91 Å². The van der Waals surface area contributed by atoms with E-state index in [1.807, 2.05) is 0 Å². The number of nitrogens with zero attached hydrogens (tertiary/aromatic N) is 1. The van der Waals surface area contributed by atoms with E-state index in [0.717, 1.165) is 31.8 Å². The summed E-state index contributed by atoms with van der Waals surface area (Å²) in [6, 6.07) is 0.940. The molecule has 4 heteroatoms. The van der Waals surface area contributed by atoms with Gasteiger partial charge in [0.15, 0.2) is 0 Å². The molecular weight excluding hydrogens is 250 g/mol. The Morgan fingerprint density at radius 1 is 1.10 bits per heavy atom. The van der Waals surface area contributed by atoms with Crippen LogP contribution >= 0.6 is 0 Å². The average molecular weight is 279 g/mol. The number of hydrogen-bond acceptors (Lipinski definition) is 3. The second-order valence-corrected chi connectivity index (χ2v) is 7.03. The van der Waals surface area contributed by atoms with Gasteiger partial charge in [-0.1, -0.05) is 19.3 Å². The average Bonchev–Trinajstić information content (AvgIpc) is 3.22. The number of rotatable bonds is 4. The van der Waals surface area contributed by atoms with E-state index in [1.54, 1.807) is 0 Å². The summed E-state index contributed by atoms with van der Waals surface area (Å²) in [6.07, 6.45) is 9.58. The Balaban J connectivity index is 1.42. The van der Waals surface area contributed by atoms with Gasteiger partial charge in [0.25, 0.3) is 0 Å². The number of hydrogen-bond donors (Lipinski definition) is 2. The van der Waals surface area contributed by atoms with E-state index in [1.165, 1.54) is 45.2 Å². The van der Waals surface area contributed by atoms with Crippen molar-refractivity contribution in [2.24, 2.45) is 17.6 Å². The fraction of sp³-hybridized carbons (Fsp3) is 0.938. The topological polar surface area (TPSA) is 58.4 Å². The molecular formula is C16H29N3O. The van der Waals surface area contributed by atoms with Crippen molar-refractivity contribution in [3.05, 3.63) is 0 Å². The molecule has 3 atom stereocenters. The molecule has 1 saturated heterocycles. The summed E-state index contributed by atoms with van der Waals surface area (Å²) in [5.74, 6) is 0.921. The quantitative estimate of drug-likeness (QED) is 0.767. The Bertz CT molecular complexity index is 343. The lowest BCUT2D eigenvalue weighted by atomic mass is 9.94. The van der Waals surface area contributed by atoms with E-state index in [2.05, 4.69) is 10.2 Å². The minimum atomic E-state index is 0.0541. The third-order valence-electron chi connectivity index (χ3n) is 5.35. The Morgan fingerprint density at radius 3 is 2.70 bits per heavy atom. The highest BCUT2D eigenvalue weighted by molar-refractivity contribution is 5.79. The van der Waals surface area contributed by atoms with E-state index in [9.17, 15) is 4.79 Å². The summed E-state index contributed by atoms with van der Waals surface area (Å²) < 4.78 is 0. The monoisotopic (exact) mass is 279 g/mol. The molecule has 1 aliphatic heterocycles. The standard InChI is InChI=1S/C16H29N3O/c17-15-5-3-1-2-4-14(15)16(20)18-10-12-8-9-19(11-12)13-6-7-13/h12-15H,1-11,17H2,(H,18,20). The van der Waals surface area contributed by atoms with Crippen molar-refractivity contribution < 1.29 is 4.79 Å². The zero-order valence-corrected chi connectivity index (χ0v) is 12.5. The van der Waals surface area contributed by atoms with Crippen molar-refractivity contribution in [2.75, 3.05) is 19.6 Å². The second kappa shape index (κ2) is 6.44. The first-order chi connectivity index (χ1) is 9.74. The summed E-state index contributed by atoms with van der Waals surface area (Å²) in [5.41, 5.74) is 6.16. The smallest absolute Gasteiger partial charge is 0.224 e. The summed E-state index contributed by atoms with van der Waals surface area (Å²) in [4.78, 5) is 14.9. The largest absolute Gasteiger partial charge is 0.355 e. The van der Waals surface area contributed by atoms with Gasteiger partial charge in [0, 0.05) is 25.2 Å². The Labute approximate surface area is 122 Å². The Morgan fingerprint density at radius 2 is 1.90 bits per heavy atom. The zero-order valence-electron chi connectivity index (χ0n) is 12.5. The molecule has 3 aliphatic rings. The lowest BCUT2D eigenvalue weighted by Gasteiger charge is -2.22. The molecule has 3 N–H and O–H groups in total. The molecule has 3 rings (SSSR count). The molecule has 0 aromatic heterocycles. The van der Waals surface area contributed by atoms with Gasteiger partial charge in [-0.25, -0.2) is 0 Å². The summed E-state index contributed by atoms with van der Waals surface area (Å²) in [6.45, 7) is 3.26. The fourth-order valence-corrected chi connectivity index (χ4v) is 3.84. The molecule has 0 radical (unpaired) electrons. The Kier molecular flexibility index (Phi) is 4.61. The molecule has 3 fully saturated rings. The van der Waals surface area contributed by atoms with Gasteiger partial charge in [-0.05, 0) is 44.6 Å². The van der Waals surface area contributed by atoms with E-state index in [0.29, 0.717) is 5.92 Å². The minimum Gasteiger partial charge on any atom is -0.355 e. The molecule has 20 heavy (non-hydrogen) atoms. The SMILES string of the molecule is NC1CCCCCC1C(=O)NCC1CCN(C2CC2)C1. The van der Waals surface area contributed by atoms with Crippen LogP contribution in [-0.2, 0) is 4.79 Å². The molecule has 0 bridgehead atoms. The number of nitrogens with two attached hydrogens (primary N) is 1. The van der Waals surface area contributed by atoms with Crippen LogP contribution < -0.4 is 11.1 Å². The molecule has 1 heterocycles. The van der Waals surface area contributed by atoms with Gasteiger partial charge >= 0.3 is 0 Å². The highest BCUT2D eigenvalue weighted by Crippen LogP contribution is 2.31. The predicted octanol–water partition coefficient (Wildman–Crippen LogP) is 1.49. The van der Waals surface area contributed by atoms with Crippen LogP contribution in [0.15, 0.2) is 0 Å². The molecule has 2 saturated carbocycles. The van der Waals surface area contributed by atoms with Gasteiger partial charge in [0.1, 0.15) is 0 Å². The molecule has 4 nitrogen and oxygen atoms in total. The van der Waals surface area contributed by atoms with Crippen LogP contribution in [0.1, 0.15) is 51.4 Å². The maximum atomic E-state index is 12.3. The van der Waals surface area contributed by atoms with Crippen molar-refractivity contribution in [1.82, 2.24) is 10.2 Å². The second-order valence-electron chi connectivity index (χ2n) is 7.03. The summed E-state index contributed by atoms with van der Waals surface area (Å²) in [5, 5.41) is 3.19. The number of amides is 1. The number of likely N-dealkylation sites (tertiary alicyclic amines) is 1. The maximum absolute atomic E-state index is 12.3. The van der Waals surface area contributed by atoms with Crippen molar-refractivity contribution >= 4 is 5.91 Å². The van der Waals surface area contributed by atoms with E-state index in [-0.39, 0.29) is 17.9 Å². The highest BCUT2D eigenvalue weighted by Gasteiger charge is 2.34. The molecule has 1 amide bonds. The van der Waals surface area contributed by atoms with Crippen LogP contribution in [0.25, 0.3) is 0 Å². The first kappa shape index (κ1) is 14.3. The number of carbonyl (C=O) groups is 1. The lowest BCUT2D eigenvalue weighted by molar-refractivity contribution is -0.126. The van der Waals surface area contributed by atoms with Gasteiger partial charge < -0.3 is 16.0 Å². The van der Waals surface area contributed by atoms with Gasteiger partial charge in [-0.3, -0.25) is 4.79 Å². The van der Waals surface area contributed by atoms with Gasteiger partial charge in [-0.15, -0.1) is 0 Å².